The van der Waals surface area contributed by atoms with E-state index in [9.17, 15) is 13.2 Å². The molecule has 2 atom stereocenters. The van der Waals surface area contributed by atoms with Crippen LogP contribution in [0.15, 0.2) is 23.2 Å². The smallest absolute Gasteiger partial charge is 0.251 e. The average Bonchev–Trinajstić information content (AvgIpc) is 3.13. The van der Waals surface area contributed by atoms with Gasteiger partial charge in [-0.1, -0.05) is 42.6 Å². The molecule has 0 bridgehead atoms. The number of amides is 1. The molecule has 3 aliphatic rings. The number of halogens is 1. The number of ether oxygens (including phenoxy) is 1. The molecule has 2 saturated heterocycles. The summed E-state index contributed by atoms with van der Waals surface area (Å²) in [5, 5.41) is 0.927. The Hall–Kier alpha value is -1.25. The van der Waals surface area contributed by atoms with Crippen molar-refractivity contribution >= 4 is 50.0 Å². The summed E-state index contributed by atoms with van der Waals surface area (Å²) in [6.45, 7) is 0. The summed E-state index contributed by atoms with van der Waals surface area (Å²) in [5.41, 5.74) is 0.655. The minimum atomic E-state index is -3.12. The van der Waals surface area contributed by atoms with Gasteiger partial charge in [0.2, 0.25) is 0 Å². The van der Waals surface area contributed by atoms with Gasteiger partial charge in [0.1, 0.15) is 5.75 Å². The first-order valence-corrected chi connectivity index (χ1v) is 12.6. The topological polar surface area (TPSA) is 76.0 Å². The molecule has 3 fully saturated rings. The number of carbonyl (C=O) groups is 1. The zero-order valence-corrected chi connectivity index (χ0v) is 18.0. The number of benzene rings is 1. The standard InChI is InChI=1S/C19H23ClN2O4S2/c1-26-16-8-7-13(20)9-14(16)22-15-10-28(24,25)11-17(15)27-19(22)21-18(23)12-5-3-2-4-6-12/h7-9,12,15,17H,2-6,10-11H2,1H3/t15-,17-/m0/s1. The van der Waals surface area contributed by atoms with Crippen molar-refractivity contribution in [3.05, 3.63) is 23.2 Å². The van der Waals surface area contributed by atoms with Gasteiger partial charge in [-0.25, -0.2) is 8.42 Å². The van der Waals surface area contributed by atoms with E-state index in [0.717, 1.165) is 25.7 Å². The van der Waals surface area contributed by atoms with E-state index in [1.807, 2.05) is 4.90 Å². The van der Waals surface area contributed by atoms with Crippen LogP contribution in [0.1, 0.15) is 32.1 Å². The van der Waals surface area contributed by atoms with Crippen molar-refractivity contribution in [3.63, 3.8) is 0 Å². The van der Waals surface area contributed by atoms with Gasteiger partial charge in [0.15, 0.2) is 15.0 Å². The maximum Gasteiger partial charge on any atom is 0.251 e. The van der Waals surface area contributed by atoms with E-state index in [0.29, 0.717) is 21.6 Å². The molecule has 0 aromatic heterocycles. The molecule has 28 heavy (non-hydrogen) atoms. The van der Waals surface area contributed by atoms with Crippen LogP contribution in [0.25, 0.3) is 0 Å². The number of hydrogen-bond acceptors (Lipinski definition) is 5. The molecule has 1 amide bonds. The van der Waals surface area contributed by atoms with Crippen LogP contribution in [-0.4, -0.2) is 49.4 Å². The molecule has 9 heteroatoms. The second kappa shape index (κ2) is 7.88. The van der Waals surface area contributed by atoms with Crippen molar-refractivity contribution in [1.82, 2.24) is 0 Å². The van der Waals surface area contributed by atoms with E-state index in [-0.39, 0.29) is 34.6 Å². The highest BCUT2D eigenvalue weighted by Crippen LogP contribution is 2.44. The molecule has 2 heterocycles. The van der Waals surface area contributed by atoms with Crippen LogP contribution in [0.4, 0.5) is 5.69 Å². The number of thioether (sulfide) groups is 1. The summed E-state index contributed by atoms with van der Waals surface area (Å²) in [5.74, 6) is 0.577. The van der Waals surface area contributed by atoms with E-state index < -0.39 is 9.84 Å². The van der Waals surface area contributed by atoms with Gasteiger partial charge in [-0.3, -0.25) is 4.79 Å². The Kier molecular flexibility index (Phi) is 5.64. The van der Waals surface area contributed by atoms with Crippen molar-refractivity contribution in [1.29, 1.82) is 0 Å². The van der Waals surface area contributed by atoms with E-state index in [1.165, 1.54) is 18.2 Å². The number of aliphatic imine (C=N–C) groups is 1. The largest absolute Gasteiger partial charge is 0.495 e. The number of hydrogen-bond donors (Lipinski definition) is 0. The molecule has 1 aliphatic carbocycles. The lowest BCUT2D eigenvalue weighted by atomic mass is 9.89. The van der Waals surface area contributed by atoms with Gasteiger partial charge in [-0.05, 0) is 31.0 Å². The quantitative estimate of drug-likeness (QED) is 0.712. The number of anilines is 1. The lowest BCUT2D eigenvalue weighted by Crippen LogP contribution is -2.38. The number of sulfone groups is 1. The maximum atomic E-state index is 12.8. The van der Waals surface area contributed by atoms with Gasteiger partial charge >= 0.3 is 0 Å². The zero-order valence-electron chi connectivity index (χ0n) is 15.6. The monoisotopic (exact) mass is 442 g/mol. The van der Waals surface area contributed by atoms with Crippen molar-refractivity contribution < 1.29 is 17.9 Å². The third-order valence-electron chi connectivity index (χ3n) is 5.63. The number of nitrogens with zero attached hydrogens (tertiary/aromatic N) is 2. The number of carbonyl (C=O) groups excluding carboxylic acids is 1. The molecule has 1 aromatic carbocycles. The molecule has 0 unspecified atom stereocenters. The summed E-state index contributed by atoms with van der Waals surface area (Å²) < 4.78 is 29.9. The summed E-state index contributed by atoms with van der Waals surface area (Å²) in [6.07, 6.45) is 5.04. The summed E-state index contributed by atoms with van der Waals surface area (Å²) >= 11 is 7.59. The Morgan fingerprint density at radius 3 is 2.71 bits per heavy atom. The fraction of sp³-hybridized carbons (Fsp3) is 0.579. The fourth-order valence-electron chi connectivity index (χ4n) is 4.23. The van der Waals surface area contributed by atoms with Crippen LogP contribution in [0.3, 0.4) is 0 Å². The second-order valence-corrected chi connectivity index (χ2v) is 11.4. The van der Waals surface area contributed by atoms with Crippen LogP contribution in [0.5, 0.6) is 5.75 Å². The molecule has 2 aliphatic heterocycles. The number of rotatable bonds is 3. The Balaban J connectivity index is 1.72. The Labute approximate surface area is 174 Å². The van der Waals surface area contributed by atoms with Crippen molar-refractivity contribution in [2.24, 2.45) is 10.9 Å². The minimum absolute atomic E-state index is 0.0332. The predicted octanol–water partition coefficient (Wildman–Crippen LogP) is 3.53. The minimum Gasteiger partial charge on any atom is -0.495 e. The molecule has 6 nitrogen and oxygen atoms in total. The van der Waals surface area contributed by atoms with Crippen LogP contribution in [0, 0.1) is 5.92 Å². The highest BCUT2D eigenvalue weighted by Gasteiger charge is 2.50. The third-order valence-corrected chi connectivity index (χ3v) is 9.07. The Bertz CT molecular complexity index is 913. The molecular formula is C19H23ClN2O4S2. The van der Waals surface area contributed by atoms with Crippen LogP contribution >= 0.6 is 23.4 Å². The van der Waals surface area contributed by atoms with Gasteiger partial charge < -0.3 is 9.64 Å². The van der Waals surface area contributed by atoms with Gasteiger partial charge in [0.05, 0.1) is 30.3 Å². The first-order chi connectivity index (χ1) is 13.4. The number of fused-ring (bicyclic) bond motifs is 1. The Morgan fingerprint density at radius 2 is 2.00 bits per heavy atom. The van der Waals surface area contributed by atoms with Gasteiger partial charge in [0, 0.05) is 16.2 Å². The van der Waals surface area contributed by atoms with E-state index >= 15 is 0 Å². The lowest BCUT2D eigenvalue weighted by Gasteiger charge is -2.27. The lowest BCUT2D eigenvalue weighted by molar-refractivity contribution is -0.122. The molecule has 4 rings (SSSR count). The normalized spacial score (nSPS) is 28.5. The predicted molar refractivity (Wildman–Crippen MR) is 113 cm³/mol. The molecule has 1 aromatic rings. The first-order valence-electron chi connectivity index (χ1n) is 9.50. The highest BCUT2D eigenvalue weighted by molar-refractivity contribution is 8.16. The van der Waals surface area contributed by atoms with Gasteiger partial charge in [-0.15, -0.1) is 0 Å². The maximum absolute atomic E-state index is 12.8. The second-order valence-electron chi connectivity index (χ2n) is 7.55. The van der Waals surface area contributed by atoms with Crippen LogP contribution < -0.4 is 9.64 Å². The van der Waals surface area contributed by atoms with Gasteiger partial charge in [0.25, 0.3) is 5.91 Å². The van der Waals surface area contributed by atoms with E-state index in [2.05, 4.69) is 4.99 Å². The molecule has 0 radical (unpaired) electrons. The van der Waals surface area contributed by atoms with E-state index in [1.54, 1.807) is 25.3 Å². The SMILES string of the molecule is COc1ccc(Cl)cc1N1C(=NC(=O)C2CCCCC2)S[C@H]2CS(=O)(=O)C[C@@H]21. The van der Waals surface area contributed by atoms with E-state index in [4.69, 9.17) is 16.3 Å². The number of amidine groups is 1. The third kappa shape index (κ3) is 3.91. The van der Waals surface area contributed by atoms with Crippen molar-refractivity contribution in [2.75, 3.05) is 23.5 Å². The molecule has 0 N–H and O–H groups in total. The first kappa shape index (κ1) is 20.0. The molecular weight excluding hydrogens is 420 g/mol. The number of methoxy groups -OCH3 is 1. The molecule has 152 valence electrons. The van der Waals surface area contributed by atoms with Crippen molar-refractivity contribution in [2.45, 2.75) is 43.4 Å². The highest BCUT2D eigenvalue weighted by atomic mass is 35.5. The average molecular weight is 443 g/mol. The Morgan fingerprint density at radius 1 is 1.25 bits per heavy atom. The van der Waals surface area contributed by atoms with Crippen LogP contribution in [0.2, 0.25) is 5.02 Å². The fourth-order valence-corrected chi connectivity index (χ4v) is 8.31. The molecule has 0 spiro atoms. The summed E-state index contributed by atoms with van der Waals surface area (Å²) in [7, 11) is -1.57. The summed E-state index contributed by atoms with van der Waals surface area (Å²) in [6, 6.07) is 4.94. The van der Waals surface area contributed by atoms with Crippen LogP contribution in [-0.2, 0) is 14.6 Å². The van der Waals surface area contributed by atoms with Crippen molar-refractivity contribution in [3.8, 4) is 5.75 Å². The zero-order chi connectivity index (χ0) is 19.9. The summed E-state index contributed by atoms with van der Waals surface area (Å²) in [4.78, 5) is 19.1. The molecule has 1 saturated carbocycles. The van der Waals surface area contributed by atoms with Gasteiger partial charge in [-0.2, -0.15) is 4.99 Å².